The minimum absolute atomic E-state index is 0.270. The summed E-state index contributed by atoms with van der Waals surface area (Å²) < 4.78 is 0. The molecule has 5 rings (SSSR count). The lowest BCUT2D eigenvalue weighted by Gasteiger charge is -2.55. The molecule has 4 saturated carbocycles. The van der Waals surface area contributed by atoms with Gasteiger partial charge in [0.05, 0.1) is 0 Å². The minimum atomic E-state index is 0.270. The van der Waals surface area contributed by atoms with E-state index in [1.165, 1.54) is 37.7 Å². The van der Waals surface area contributed by atoms with Gasteiger partial charge in [0.2, 0.25) is 0 Å². The van der Waals surface area contributed by atoms with Crippen LogP contribution in [0.3, 0.4) is 0 Å². The molecule has 0 spiro atoms. The summed E-state index contributed by atoms with van der Waals surface area (Å²) in [6.45, 7) is 0.661. The van der Waals surface area contributed by atoms with Crippen molar-refractivity contribution in [1.82, 2.24) is 10.3 Å². The van der Waals surface area contributed by atoms with Crippen molar-refractivity contribution in [2.75, 3.05) is 6.54 Å². The molecule has 1 atom stereocenters. The third-order valence-electron chi connectivity index (χ3n) is 5.94. The van der Waals surface area contributed by atoms with E-state index in [2.05, 4.69) is 16.4 Å². The zero-order valence-corrected chi connectivity index (χ0v) is 12.0. The van der Waals surface area contributed by atoms with Crippen LogP contribution in [0.15, 0.2) is 24.5 Å². The fourth-order valence-corrected chi connectivity index (χ4v) is 5.31. The second-order valence-corrected chi connectivity index (χ2v) is 7.20. The number of hydrogen-bond acceptors (Lipinski definition) is 3. The van der Waals surface area contributed by atoms with E-state index in [4.69, 9.17) is 5.73 Å². The van der Waals surface area contributed by atoms with E-state index in [-0.39, 0.29) is 6.04 Å². The summed E-state index contributed by atoms with van der Waals surface area (Å²) in [5, 5.41) is 3.90. The predicted octanol–water partition coefficient (Wildman–Crippen LogP) is 2.50. The minimum Gasteiger partial charge on any atom is -0.329 e. The molecular weight excluding hydrogens is 246 g/mol. The van der Waals surface area contributed by atoms with Crippen molar-refractivity contribution in [3.8, 4) is 0 Å². The van der Waals surface area contributed by atoms with E-state index in [0.717, 1.165) is 23.7 Å². The number of nitrogens with one attached hydrogen (secondary N) is 1. The van der Waals surface area contributed by atoms with Crippen LogP contribution in [0.2, 0.25) is 0 Å². The average Bonchev–Trinajstić information content (AvgIpc) is 2.47. The maximum atomic E-state index is 6.02. The molecule has 1 aromatic heterocycles. The molecule has 1 heterocycles. The summed E-state index contributed by atoms with van der Waals surface area (Å²) in [5.74, 6) is 3.87. The highest BCUT2D eigenvalue weighted by atomic mass is 15.0. The van der Waals surface area contributed by atoms with Crippen LogP contribution in [0.4, 0.5) is 0 Å². The largest absolute Gasteiger partial charge is 0.329 e. The van der Waals surface area contributed by atoms with Gasteiger partial charge in [-0.05, 0) is 67.4 Å². The molecule has 4 bridgehead atoms. The van der Waals surface area contributed by atoms with Crippen molar-refractivity contribution < 1.29 is 0 Å². The number of nitrogens with zero attached hydrogens (tertiary/aromatic N) is 1. The van der Waals surface area contributed by atoms with Crippen LogP contribution in [0.25, 0.3) is 0 Å². The van der Waals surface area contributed by atoms with Crippen LogP contribution in [0.1, 0.15) is 43.7 Å². The van der Waals surface area contributed by atoms with Crippen molar-refractivity contribution in [2.45, 2.75) is 44.2 Å². The van der Waals surface area contributed by atoms with Crippen LogP contribution in [-0.4, -0.2) is 17.6 Å². The molecule has 0 aliphatic heterocycles. The highest BCUT2D eigenvalue weighted by molar-refractivity contribution is 5.15. The second kappa shape index (κ2) is 5.12. The van der Waals surface area contributed by atoms with Crippen LogP contribution >= 0.6 is 0 Å². The molecule has 1 aromatic rings. The Morgan fingerprint density at radius 3 is 2.40 bits per heavy atom. The van der Waals surface area contributed by atoms with Gasteiger partial charge in [0.25, 0.3) is 0 Å². The van der Waals surface area contributed by atoms with Crippen molar-refractivity contribution in [2.24, 2.45) is 29.4 Å². The Morgan fingerprint density at radius 1 is 1.15 bits per heavy atom. The molecule has 20 heavy (non-hydrogen) atoms. The molecule has 3 heteroatoms. The van der Waals surface area contributed by atoms with E-state index in [9.17, 15) is 0 Å². The van der Waals surface area contributed by atoms with E-state index in [0.29, 0.717) is 12.6 Å². The van der Waals surface area contributed by atoms with E-state index in [1.54, 1.807) is 0 Å². The first-order valence-electron chi connectivity index (χ1n) is 8.19. The van der Waals surface area contributed by atoms with Crippen LogP contribution in [0.5, 0.6) is 0 Å². The molecule has 4 aliphatic carbocycles. The molecule has 4 aliphatic rings. The summed E-state index contributed by atoms with van der Waals surface area (Å²) in [6, 6.07) is 5.12. The molecule has 108 valence electrons. The van der Waals surface area contributed by atoms with Gasteiger partial charge in [0.1, 0.15) is 0 Å². The Bertz CT molecular complexity index is 431. The standard InChI is InChI=1S/C17H25N3/c18-9-16(13-2-1-3-19-10-13)20-17-14-5-11-4-12(7-14)8-15(17)6-11/h1-3,10-12,14-17,20H,4-9,18H2. The van der Waals surface area contributed by atoms with Gasteiger partial charge in [-0.25, -0.2) is 0 Å². The SMILES string of the molecule is NCC(NC1C2CC3CC(C2)CC1C3)c1cccnc1. The van der Waals surface area contributed by atoms with Crippen LogP contribution in [-0.2, 0) is 0 Å². The van der Waals surface area contributed by atoms with Crippen LogP contribution < -0.4 is 11.1 Å². The first-order chi connectivity index (χ1) is 9.83. The fourth-order valence-electron chi connectivity index (χ4n) is 5.31. The summed E-state index contributed by atoms with van der Waals surface area (Å²) >= 11 is 0. The van der Waals surface area contributed by atoms with E-state index in [1.807, 2.05) is 18.5 Å². The Hall–Kier alpha value is -0.930. The van der Waals surface area contributed by atoms with Crippen molar-refractivity contribution in [3.05, 3.63) is 30.1 Å². The molecule has 0 saturated heterocycles. The summed E-state index contributed by atoms with van der Waals surface area (Å²) in [7, 11) is 0. The normalized spacial score (nSPS) is 40.0. The number of hydrogen-bond donors (Lipinski definition) is 2. The molecule has 0 radical (unpaired) electrons. The first-order valence-corrected chi connectivity index (χ1v) is 8.19. The molecule has 3 N–H and O–H groups in total. The summed E-state index contributed by atoms with van der Waals surface area (Å²) in [5.41, 5.74) is 7.26. The van der Waals surface area contributed by atoms with Crippen LogP contribution in [0, 0.1) is 23.7 Å². The molecular formula is C17H25N3. The number of pyridine rings is 1. The molecule has 4 fully saturated rings. The Kier molecular flexibility index (Phi) is 3.27. The van der Waals surface area contributed by atoms with Crippen molar-refractivity contribution in [1.29, 1.82) is 0 Å². The predicted molar refractivity (Wildman–Crippen MR) is 80.0 cm³/mol. The van der Waals surface area contributed by atoms with Gasteiger partial charge in [-0.3, -0.25) is 4.98 Å². The number of rotatable bonds is 4. The fraction of sp³-hybridized carbons (Fsp3) is 0.706. The van der Waals surface area contributed by atoms with Gasteiger partial charge >= 0.3 is 0 Å². The lowest BCUT2D eigenvalue weighted by molar-refractivity contribution is -0.0174. The van der Waals surface area contributed by atoms with E-state index >= 15 is 0 Å². The monoisotopic (exact) mass is 271 g/mol. The first kappa shape index (κ1) is 12.8. The van der Waals surface area contributed by atoms with Crippen molar-refractivity contribution >= 4 is 0 Å². The van der Waals surface area contributed by atoms with Gasteiger partial charge in [0.15, 0.2) is 0 Å². The number of nitrogens with two attached hydrogens (primary N) is 1. The lowest BCUT2D eigenvalue weighted by Crippen LogP contribution is -2.55. The highest BCUT2D eigenvalue weighted by Crippen LogP contribution is 2.54. The lowest BCUT2D eigenvalue weighted by atomic mass is 9.54. The van der Waals surface area contributed by atoms with Gasteiger partial charge in [-0.15, -0.1) is 0 Å². The zero-order chi connectivity index (χ0) is 13.5. The number of aromatic nitrogens is 1. The second-order valence-electron chi connectivity index (χ2n) is 7.20. The zero-order valence-electron chi connectivity index (χ0n) is 12.0. The van der Waals surface area contributed by atoms with Gasteiger partial charge < -0.3 is 11.1 Å². The topological polar surface area (TPSA) is 50.9 Å². The Morgan fingerprint density at radius 2 is 1.85 bits per heavy atom. The maximum Gasteiger partial charge on any atom is 0.0462 e. The third kappa shape index (κ3) is 2.17. The quantitative estimate of drug-likeness (QED) is 0.884. The van der Waals surface area contributed by atoms with Crippen molar-refractivity contribution in [3.63, 3.8) is 0 Å². The third-order valence-corrected chi connectivity index (χ3v) is 5.94. The van der Waals surface area contributed by atoms with Gasteiger partial charge in [-0.1, -0.05) is 6.07 Å². The Balaban J connectivity index is 1.50. The maximum absolute atomic E-state index is 6.02. The summed E-state index contributed by atoms with van der Waals surface area (Å²) in [4.78, 5) is 4.24. The molecule has 3 nitrogen and oxygen atoms in total. The average molecular weight is 271 g/mol. The molecule has 1 unspecified atom stereocenters. The molecule has 0 aromatic carbocycles. The Labute approximate surface area is 121 Å². The summed E-state index contributed by atoms with van der Waals surface area (Å²) in [6.07, 6.45) is 11.1. The molecule has 0 amide bonds. The highest BCUT2D eigenvalue weighted by Gasteiger charge is 2.48. The van der Waals surface area contributed by atoms with Gasteiger partial charge in [0, 0.05) is 31.0 Å². The van der Waals surface area contributed by atoms with Gasteiger partial charge in [-0.2, -0.15) is 0 Å². The smallest absolute Gasteiger partial charge is 0.0462 e. The van der Waals surface area contributed by atoms with E-state index < -0.39 is 0 Å².